The van der Waals surface area contributed by atoms with Crippen LogP contribution in [-0.4, -0.2) is 22.2 Å². The Bertz CT molecular complexity index is 285. The van der Waals surface area contributed by atoms with Crippen molar-refractivity contribution in [3.63, 3.8) is 0 Å². The minimum Gasteiger partial charge on any atom is -0.382 e. The summed E-state index contributed by atoms with van der Waals surface area (Å²) in [7, 11) is 0. The highest BCUT2D eigenvalue weighted by Gasteiger charge is 2.68. The topological polar surface area (TPSA) is 63.4 Å². The highest BCUT2D eigenvalue weighted by atomic mass is 16.6. The summed E-state index contributed by atoms with van der Waals surface area (Å²) in [5.74, 6) is 1.84. The summed E-state index contributed by atoms with van der Waals surface area (Å²) in [4.78, 5) is 10.2. The van der Waals surface area contributed by atoms with Crippen molar-refractivity contribution >= 4 is 0 Å². The van der Waals surface area contributed by atoms with Gasteiger partial charge in [-0.25, -0.2) is 0 Å². The van der Waals surface area contributed by atoms with Crippen LogP contribution in [0.2, 0.25) is 0 Å². The normalized spacial score (nSPS) is 54.1. The predicted octanol–water partition coefficient (Wildman–Crippen LogP) is 1.06. The van der Waals surface area contributed by atoms with E-state index in [0.29, 0.717) is 5.92 Å². The first-order valence-corrected chi connectivity index (χ1v) is 5.45. The largest absolute Gasteiger partial charge is 0.382 e. The van der Waals surface area contributed by atoms with Crippen molar-refractivity contribution in [1.29, 1.82) is 0 Å². The van der Waals surface area contributed by atoms with Crippen LogP contribution in [0.15, 0.2) is 0 Å². The minimum atomic E-state index is -0.945. The van der Waals surface area contributed by atoms with E-state index >= 15 is 0 Å². The van der Waals surface area contributed by atoms with Crippen molar-refractivity contribution in [2.75, 3.05) is 6.54 Å². The summed E-state index contributed by atoms with van der Waals surface area (Å²) >= 11 is 0. The van der Waals surface area contributed by atoms with Gasteiger partial charge >= 0.3 is 0 Å². The molecule has 3 aliphatic rings. The van der Waals surface area contributed by atoms with Gasteiger partial charge in [0.25, 0.3) is 0 Å². The first-order valence-electron chi connectivity index (χ1n) is 5.45. The first-order chi connectivity index (χ1) is 6.61. The van der Waals surface area contributed by atoms with Gasteiger partial charge < -0.3 is 5.11 Å². The Hall–Kier alpha value is -0.640. The van der Waals surface area contributed by atoms with Crippen LogP contribution in [0.25, 0.3) is 0 Å². The molecule has 0 radical (unpaired) electrons. The maximum absolute atomic E-state index is 10.5. The zero-order valence-electron chi connectivity index (χ0n) is 8.06. The van der Waals surface area contributed by atoms with Gasteiger partial charge in [-0.1, -0.05) is 6.42 Å². The quantitative estimate of drug-likeness (QED) is 0.531. The summed E-state index contributed by atoms with van der Waals surface area (Å²) in [5, 5.41) is 20.8. The van der Waals surface area contributed by atoms with E-state index in [1.807, 2.05) is 0 Å². The van der Waals surface area contributed by atoms with Gasteiger partial charge in [-0.2, -0.15) is 0 Å². The maximum atomic E-state index is 10.5. The molecule has 0 heterocycles. The highest BCUT2D eigenvalue weighted by molar-refractivity contribution is 5.15. The van der Waals surface area contributed by atoms with Crippen LogP contribution >= 0.6 is 0 Å². The maximum Gasteiger partial charge on any atom is 0.232 e. The second kappa shape index (κ2) is 2.48. The molecule has 3 fully saturated rings. The van der Waals surface area contributed by atoms with Crippen LogP contribution in [0.4, 0.5) is 0 Å². The SMILES string of the molecule is O=[N+]([O-])C[C@]1(O)[C@@H]2C[C@@H]3CC[C@H]1[C@H]2C3. The lowest BCUT2D eigenvalue weighted by atomic mass is 9.53. The van der Waals surface area contributed by atoms with Crippen molar-refractivity contribution < 1.29 is 10.0 Å². The lowest BCUT2D eigenvalue weighted by Gasteiger charge is -2.54. The molecular weight excluding hydrogens is 182 g/mol. The molecule has 0 amide bonds. The smallest absolute Gasteiger partial charge is 0.232 e. The number of aliphatic hydroxyl groups is 1. The van der Waals surface area contributed by atoms with E-state index in [1.165, 1.54) is 12.8 Å². The molecule has 1 N–H and O–H groups in total. The number of hydrogen-bond donors (Lipinski definition) is 1. The van der Waals surface area contributed by atoms with Gasteiger partial charge in [0.05, 0.1) is 0 Å². The lowest BCUT2D eigenvalue weighted by Crippen LogP contribution is -2.63. The summed E-state index contributed by atoms with van der Waals surface area (Å²) in [6.45, 7) is -0.231. The molecule has 4 nitrogen and oxygen atoms in total. The molecule has 3 saturated carbocycles. The molecule has 0 unspecified atom stereocenters. The Morgan fingerprint density at radius 3 is 2.86 bits per heavy atom. The Labute approximate surface area is 82.5 Å². The van der Waals surface area contributed by atoms with Crippen LogP contribution in [0, 0.1) is 33.8 Å². The fourth-order valence-corrected chi connectivity index (χ4v) is 4.28. The standard InChI is InChI=1S/C10H15NO3/c12-10(5-11(13)14)8-2-1-6-3-7(8)9(10)4-6/h6-9,12H,1-5H2/t6-,7-,8+,9-,10-/m1/s1. The van der Waals surface area contributed by atoms with Gasteiger partial charge in [-0.3, -0.25) is 10.1 Å². The first kappa shape index (κ1) is 8.65. The third-order valence-corrected chi connectivity index (χ3v) is 4.78. The second-order valence-corrected chi connectivity index (χ2v) is 5.27. The number of nitrogens with zero attached hydrogens (tertiary/aromatic N) is 1. The van der Waals surface area contributed by atoms with E-state index < -0.39 is 5.60 Å². The van der Waals surface area contributed by atoms with Crippen LogP contribution in [-0.2, 0) is 0 Å². The molecule has 2 bridgehead atoms. The van der Waals surface area contributed by atoms with E-state index in [0.717, 1.165) is 18.8 Å². The van der Waals surface area contributed by atoms with Gasteiger partial charge in [0.1, 0.15) is 5.60 Å². The molecule has 0 spiro atoms. The summed E-state index contributed by atoms with van der Waals surface area (Å²) in [6, 6.07) is 0. The van der Waals surface area contributed by atoms with E-state index in [9.17, 15) is 15.2 Å². The average Bonchev–Trinajstić information content (AvgIpc) is 2.31. The van der Waals surface area contributed by atoms with E-state index in [2.05, 4.69) is 0 Å². The average molecular weight is 197 g/mol. The van der Waals surface area contributed by atoms with Gasteiger partial charge in [-0.15, -0.1) is 0 Å². The van der Waals surface area contributed by atoms with E-state index in [1.54, 1.807) is 0 Å². The van der Waals surface area contributed by atoms with Crippen LogP contribution in [0.1, 0.15) is 25.7 Å². The zero-order valence-corrected chi connectivity index (χ0v) is 8.06. The monoisotopic (exact) mass is 197 g/mol. The summed E-state index contributed by atoms with van der Waals surface area (Å²) < 4.78 is 0. The molecule has 0 saturated heterocycles. The molecule has 78 valence electrons. The number of nitro groups is 1. The fraction of sp³-hybridized carbons (Fsp3) is 1.00. The van der Waals surface area contributed by atoms with Crippen molar-refractivity contribution in [2.45, 2.75) is 31.3 Å². The lowest BCUT2D eigenvalue weighted by molar-refractivity contribution is -0.516. The minimum absolute atomic E-state index is 0.231. The van der Waals surface area contributed by atoms with Crippen molar-refractivity contribution in [3.05, 3.63) is 10.1 Å². The van der Waals surface area contributed by atoms with Crippen molar-refractivity contribution in [1.82, 2.24) is 0 Å². The third-order valence-electron chi connectivity index (χ3n) is 4.78. The van der Waals surface area contributed by atoms with Crippen LogP contribution < -0.4 is 0 Å². The second-order valence-electron chi connectivity index (χ2n) is 5.27. The fourth-order valence-electron chi connectivity index (χ4n) is 4.28. The Balaban J connectivity index is 1.85. The van der Waals surface area contributed by atoms with Gasteiger partial charge in [0.15, 0.2) is 0 Å². The third kappa shape index (κ3) is 0.874. The molecule has 14 heavy (non-hydrogen) atoms. The highest BCUT2D eigenvalue weighted by Crippen LogP contribution is 2.65. The number of fused-ring (bicyclic) bond motifs is 1. The Morgan fingerprint density at radius 1 is 1.36 bits per heavy atom. The Morgan fingerprint density at radius 2 is 2.14 bits per heavy atom. The zero-order chi connectivity index (χ0) is 9.92. The predicted molar refractivity (Wildman–Crippen MR) is 49.2 cm³/mol. The van der Waals surface area contributed by atoms with Crippen LogP contribution in [0.3, 0.4) is 0 Å². The molecule has 0 aromatic heterocycles. The molecule has 5 atom stereocenters. The molecule has 0 aromatic carbocycles. The van der Waals surface area contributed by atoms with Crippen LogP contribution in [0.5, 0.6) is 0 Å². The van der Waals surface area contributed by atoms with E-state index in [4.69, 9.17) is 0 Å². The number of rotatable bonds is 2. The van der Waals surface area contributed by atoms with E-state index in [-0.39, 0.29) is 23.3 Å². The molecule has 0 aliphatic heterocycles. The van der Waals surface area contributed by atoms with Crippen molar-refractivity contribution in [3.8, 4) is 0 Å². The molecular formula is C10H15NO3. The summed E-state index contributed by atoms with van der Waals surface area (Å²) in [6.07, 6.45) is 4.44. The summed E-state index contributed by atoms with van der Waals surface area (Å²) in [5.41, 5.74) is -0.945. The van der Waals surface area contributed by atoms with Crippen molar-refractivity contribution in [2.24, 2.45) is 23.7 Å². The number of hydrogen-bond acceptors (Lipinski definition) is 3. The van der Waals surface area contributed by atoms with Gasteiger partial charge in [0, 0.05) is 4.92 Å². The molecule has 3 rings (SSSR count). The van der Waals surface area contributed by atoms with Gasteiger partial charge in [-0.05, 0) is 42.9 Å². The molecule has 3 aliphatic carbocycles. The Kier molecular flexibility index (Phi) is 1.53. The molecule has 0 aromatic rings. The van der Waals surface area contributed by atoms with Gasteiger partial charge in [0.2, 0.25) is 6.54 Å². The molecule has 4 heteroatoms.